The van der Waals surface area contributed by atoms with Gasteiger partial charge in [-0.2, -0.15) is 0 Å². The van der Waals surface area contributed by atoms with Gasteiger partial charge in [0.25, 0.3) is 0 Å². The molecule has 0 bridgehead atoms. The van der Waals surface area contributed by atoms with Gasteiger partial charge in [0.05, 0.1) is 12.6 Å². The quantitative estimate of drug-likeness (QED) is 0.849. The lowest BCUT2D eigenvalue weighted by Gasteiger charge is -2.36. The second kappa shape index (κ2) is 5.46. The lowest BCUT2D eigenvalue weighted by atomic mass is 10.0. The van der Waals surface area contributed by atoms with Gasteiger partial charge in [-0.15, -0.1) is 11.3 Å². The Kier molecular flexibility index (Phi) is 3.70. The van der Waals surface area contributed by atoms with Gasteiger partial charge in [-0.3, -0.25) is 9.80 Å². The van der Waals surface area contributed by atoms with Crippen molar-refractivity contribution >= 4 is 17.4 Å². The number of amides is 1. The molecule has 0 radical (unpaired) electrons. The van der Waals surface area contributed by atoms with Crippen molar-refractivity contribution in [2.75, 3.05) is 19.7 Å². The average molecular weight is 281 g/mol. The number of nitrogens with zero attached hydrogens (tertiary/aromatic N) is 3. The number of rotatable bonds is 3. The molecule has 0 spiro atoms. The van der Waals surface area contributed by atoms with Gasteiger partial charge in [0.1, 0.15) is 11.6 Å². The summed E-state index contributed by atoms with van der Waals surface area (Å²) in [5, 5.41) is 3.19. The van der Waals surface area contributed by atoms with E-state index in [9.17, 15) is 4.79 Å². The molecule has 3 heterocycles. The van der Waals surface area contributed by atoms with Gasteiger partial charge in [0, 0.05) is 30.7 Å². The molecule has 0 saturated carbocycles. The Balaban J connectivity index is 1.53. The number of likely N-dealkylation sites (tertiary alicyclic amines) is 1. The summed E-state index contributed by atoms with van der Waals surface area (Å²) in [7, 11) is 0. The van der Waals surface area contributed by atoms with Crippen LogP contribution >= 0.6 is 11.3 Å². The Morgan fingerprint density at radius 1 is 1.47 bits per heavy atom. The maximum Gasteiger partial charge on any atom is 0.410 e. The van der Waals surface area contributed by atoms with E-state index in [2.05, 4.69) is 16.8 Å². The number of carbonyl (C=O) groups excluding carboxylic acids is 1. The monoisotopic (exact) mass is 281 g/mol. The summed E-state index contributed by atoms with van der Waals surface area (Å²) >= 11 is 1.71. The molecular formula is C13H19N3O2S. The predicted molar refractivity (Wildman–Crippen MR) is 73.1 cm³/mol. The number of aromatic nitrogens is 1. The Morgan fingerprint density at radius 3 is 2.84 bits per heavy atom. The van der Waals surface area contributed by atoms with Crippen LogP contribution in [0.15, 0.2) is 11.6 Å². The van der Waals surface area contributed by atoms with E-state index in [1.807, 2.05) is 16.5 Å². The predicted octanol–water partition coefficient (Wildman–Crippen LogP) is 1.95. The zero-order valence-corrected chi connectivity index (χ0v) is 11.9. The molecule has 1 unspecified atom stereocenters. The van der Waals surface area contributed by atoms with Crippen LogP contribution in [0.25, 0.3) is 0 Å². The number of carbonyl (C=O) groups is 1. The molecule has 1 aromatic heterocycles. The average Bonchev–Trinajstić information content (AvgIpc) is 3.02. The van der Waals surface area contributed by atoms with Crippen LogP contribution in [0.2, 0.25) is 0 Å². The molecule has 2 fully saturated rings. The number of thiazole rings is 1. The first-order chi connectivity index (χ1) is 9.24. The van der Waals surface area contributed by atoms with E-state index in [0.717, 1.165) is 32.5 Å². The van der Waals surface area contributed by atoms with Crippen molar-refractivity contribution in [2.45, 2.75) is 38.4 Å². The van der Waals surface area contributed by atoms with Gasteiger partial charge in [-0.25, -0.2) is 9.78 Å². The first-order valence-electron chi connectivity index (χ1n) is 6.80. The first-order valence-corrected chi connectivity index (χ1v) is 7.68. The van der Waals surface area contributed by atoms with Gasteiger partial charge >= 0.3 is 6.09 Å². The van der Waals surface area contributed by atoms with Crippen molar-refractivity contribution in [3.63, 3.8) is 0 Å². The van der Waals surface area contributed by atoms with Gasteiger partial charge in [0.2, 0.25) is 0 Å². The molecule has 2 saturated heterocycles. The molecule has 2 aliphatic heterocycles. The third-order valence-corrected chi connectivity index (χ3v) is 4.69. The Hall–Kier alpha value is -1.14. The van der Waals surface area contributed by atoms with E-state index in [1.165, 1.54) is 5.01 Å². The molecule has 0 aliphatic carbocycles. The minimum atomic E-state index is -0.133. The fraction of sp³-hybridized carbons (Fsp3) is 0.692. The maximum atomic E-state index is 11.7. The SMILES string of the molecule is CC1COC(=O)N1C1CCN(Cc2nccs2)CC1. The highest BCUT2D eigenvalue weighted by Crippen LogP contribution is 2.24. The van der Waals surface area contributed by atoms with E-state index in [1.54, 1.807) is 11.3 Å². The van der Waals surface area contributed by atoms with Crippen LogP contribution < -0.4 is 0 Å². The summed E-state index contributed by atoms with van der Waals surface area (Å²) in [5.41, 5.74) is 0. The summed E-state index contributed by atoms with van der Waals surface area (Å²) < 4.78 is 5.11. The normalized spacial score (nSPS) is 25.8. The van der Waals surface area contributed by atoms with E-state index in [-0.39, 0.29) is 12.1 Å². The van der Waals surface area contributed by atoms with Crippen molar-refractivity contribution in [1.82, 2.24) is 14.8 Å². The van der Waals surface area contributed by atoms with Crippen LogP contribution in [0.1, 0.15) is 24.8 Å². The van der Waals surface area contributed by atoms with Gasteiger partial charge in [-0.05, 0) is 19.8 Å². The highest BCUT2D eigenvalue weighted by molar-refractivity contribution is 7.09. The van der Waals surface area contributed by atoms with Crippen LogP contribution in [0.4, 0.5) is 4.79 Å². The third-order valence-electron chi connectivity index (χ3n) is 3.93. The number of cyclic esters (lactones) is 1. The van der Waals surface area contributed by atoms with Crippen molar-refractivity contribution in [1.29, 1.82) is 0 Å². The van der Waals surface area contributed by atoms with Gasteiger partial charge in [0.15, 0.2) is 0 Å². The molecule has 0 aromatic carbocycles. The van der Waals surface area contributed by atoms with Crippen molar-refractivity contribution < 1.29 is 9.53 Å². The molecule has 1 aromatic rings. The molecule has 1 atom stereocenters. The molecule has 2 aliphatic rings. The number of ether oxygens (including phenoxy) is 1. The third kappa shape index (κ3) is 2.74. The largest absolute Gasteiger partial charge is 0.447 e. The molecule has 6 heteroatoms. The smallest absolute Gasteiger partial charge is 0.410 e. The summed E-state index contributed by atoms with van der Waals surface area (Å²) in [6.07, 6.45) is 3.79. The molecule has 19 heavy (non-hydrogen) atoms. The van der Waals surface area contributed by atoms with Crippen molar-refractivity contribution in [3.05, 3.63) is 16.6 Å². The summed E-state index contributed by atoms with van der Waals surface area (Å²) in [6, 6.07) is 0.570. The molecule has 104 valence electrons. The summed E-state index contributed by atoms with van der Waals surface area (Å²) in [5.74, 6) is 0. The zero-order valence-electron chi connectivity index (χ0n) is 11.1. The lowest BCUT2D eigenvalue weighted by molar-refractivity contribution is 0.106. The molecular weight excluding hydrogens is 262 g/mol. The highest BCUT2D eigenvalue weighted by Gasteiger charge is 2.36. The second-order valence-electron chi connectivity index (χ2n) is 5.27. The van der Waals surface area contributed by atoms with E-state index < -0.39 is 0 Å². The minimum Gasteiger partial charge on any atom is -0.447 e. The minimum absolute atomic E-state index is 0.133. The highest BCUT2D eigenvalue weighted by atomic mass is 32.1. The fourth-order valence-corrected chi connectivity index (χ4v) is 3.57. The Labute approximate surface area is 117 Å². The van der Waals surface area contributed by atoms with E-state index in [4.69, 9.17) is 4.74 Å². The van der Waals surface area contributed by atoms with Gasteiger partial charge < -0.3 is 4.74 Å². The van der Waals surface area contributed by atoms with Crippen LogP contribution in [-0.2, 0) is 11.3 Å². The molecule has 1 amide bonds. The van der Waals surface area contributed by atoms with Crippen LogP contribution in [0.5, 0.6) is 0 Å². The topological polar surface area (TPSA) is 45.7 Å². The van der Waals surface area contributed by atoms with E-state index >= 15 is 0 Å². The number of piperidine rings is 1. The number of hydrogen-bond donors (Lipinski definition) is 0. The molecule has 5 nitrogen and oxygen atoms in total. The second-order valence-corrected chi connectivity index (χ2v) is 6.25. The Bertz CT molecular complexity index is 429. The maximum absolute atomic E-state index is 11.7. The van der Waals surface area contributed by atoms with Crippen molar-refractivity contribution in [2.24, 2.45) is 0 Å². The van der Waals surface area contributed by atoms with Crippen LogP contribution in [-0.4, -0.2) is 52.7 Å². The number of hydrogen-bond acceptors (Lipinski definition) is 5. The van der Waals surface area contributed by atoms with Gasteiger partial charge in [-0.1, -0.05) is 0 Å². The van der Waals surface area contributed by atoms with Crippen LogP contribution in [0, 0.1) is 0 Å². The lowest BCUT2D eigenvalue weighted by Crippen LogP contribution is -2.47. The fourth-order valence-electron chi connectivity index (χ4n) is 2.91. The summed E-state index contributed by atoms with van der Waals surface area (Å²) in [4.78, 5) is 20.4. The van der Waals surface area contributed by atoms with Crippen molar-refractivity contribution in [3.8, 4) is 0 Å². The Morgan fingerprint density at radius 2 is 2.26 bits per heavy atom. The first kappa shape index (κ1) is 12.9. The standard InChI is InChI=1S/C13H19N3O2S/c1-10-9-18-13(17)16(10)11-2-5-15(6-3-11)8-12-14-4-7-19-12/h4,7,10-11H,2-3,5-6,8-9H2,1H3. The zero-order chi connectivity index (χ0) is 13.2. The molecule has 3 rings (SSSR count). The molecule has 0 N–H and O–H groups in total. The summed E-state index contributed by atoms with van der Waals surface area (Å²) in [6.45, 7) is 5.59. The van der Waals surface area contributed by atoms with Crippen LogP contribution in [0.3, 0.4) is 0 Å². The van der Waals surface area contributed by atoms with E-state index in [0.29, 0.717) is 12.6 Å².